The molecule has 2 aliphatic rings. The van der Waals surface area contributed by atoms with E-state index in [2.05, 4.69) is 64.8 Å². The molecule has 4 heteroatoms. The van der Waals surface area contributed by atoms with Gasteiger partial charge in [0.1, 0.15) is 12.4 Å². The molecule has 168 valence electrons. The van der Waals surface area contributed by atoms with E-state index in [9.17, 15) is 4.79 Å². The summed E-state index contributed by atoms with van der Waals surface area (Å²) in [5.74, 6) is 1.47. The highest BCUT2D eigenvalue weighted by Gasteiger charge is 2.26. The van der Waals surface area contributed by atoms with Gasteiger partial charge in [0.15, 0.2) is 0 Å². The highest BCUT2D eigenvalue weighted by atomic mass is 16.5. The maximum Gasteiger partial charge on any atom is 0.256 e. The summed E-state index contributed by atoms with van der Waals surface area (Å²) in [6.45, 7) is 5.65. The molecular weight excluding hydrogens is 408 g/mol. The number of hydrogen-bond donors (Lipinski definition) is 1. The Bertz CT molecular complexity index is 1140. The van der Waals surface area contributed by atoms with Crippen molar-refractivity contribution in [3.63, 3.8) is 0 Å². The summed E-state index contributed by atoms with van der Waals surface area (Å²) in [7, 11) is 0. The number of rotatable bonds is 6. The van der Waals surface area contributed by atoms with Crippen LogP contribution in [0, 0.1) is 0 Å². The van der Waals surface area contributed by atoms with Crippen molar-refractivity contribution >= 4 is 17.2 Å². The van der Waals surface area contributed by atoms with Gasteiger partial charge in [0.2, 0.25) is 0 Å². The van der Waals surface area contributed by atoms with Crippen molar-refractivity contribution in [3.8, 4) is 5.75 Å². The van der Waals surface area contributed by atoms with Crippen molar-refractivity contribution < 1.29 is 9.53 Å². The lowest BCUT2D eigenvalue weighted by molar-refractivity contribution is -0.110. The minimum absolute atomic E-state index is 0.0101. The minimum atomic E-state index is 0.0101. The van der Waals surface area contributed by atoms with E-state index >= 15 is 0 Å². The number of nitrogens with one attached hydrogen (secondary N) is 1. The quantitative estimate of drug-likeness (QED) is 0.480. The number of nitrogens with zero attached hydrogens (tertiary/aromatic N) is 1. The second-order valence-electron chi connectivity index (χ2n) is 8.93. The highest BCUT2D eigenvalue weighted by molar-refractivity contribution is 6.31. The van der Waals surface area contributed by atoms with Crippen molar-refractivity contribution in [3.05, 3.63) is 101 Å². The zero-order valence-corrected chi connectivity index (χ0v) is 19.1. The topological polar surface area (TPSA) is 41.6 Å². The van der Waals surface area contributed by atoms with E-state index in [-0.39, 0.29) is 5.91 Å². The molecule has 5 rings (SSSR count). The van der Waals surface area contributed by atoms with E-state index in [1.54, 1.807) is 0 Å². The molecule has 2 aliphatic heterocycles. The van der Waals surface area contributed by atoms with Gasteiger partial charge in [0.05, 0.1) is 0 Å². The van der Waals surface area contributed by atoms with Crippen molar-refractivity contribution in [1.82, 2.24) is 4.90 Å². The Morgan fingerprint density at radius 2 is 1.73 bits per heavy atom. The Hall–Kier alpha value is -3.37. The van der Waals surface area contributed by atoms with Crippen LogP contribution in [-0.4, -0.2) is 23.9 Å². The van der Waals surface area contributed by atoms with Gasteiger partial charge >= 0.3 is 0 Å². The van der Waals surface area contributed by atoms with Gasteiger partial charge in [-0.1, -0.05) is 60.7 Å². The molecule has 4 nitrogen and oxygen atoms in total. The number of allylic oxidation sites excluding steroid dienone is 1. The molecule has 0 atom stereocenters. The van der Waals surface area contributed by atoms with Crippen molar-refractivity contribution in [1.29, 1.82) is 0 Å². The number of ether oxygens (including phenoxy) is 1. The van der Waals surface area contributed by atoms with Crippen molar-refractivity contribution in [2.75, 3.05) is 18.4 Å². The lowest BCUT2D eigenvalue weighted by Crippen LogP contribution is -2.32. The average Bonchev–Trinajstić information content (AvgIpc) is 3.18. The Labute approximate surface area is 195 Å². The first-order valence-corrected chi connectivity index (χ1v) is 11.8. The maximum absolute atomic E-state index is 12.1. The largest absolute Gasteiger partial charge is 0.489 e. The normalized spacial score (nSPS) is 17.7. The summed E-state index contributed by atoms with van der Waals surface area (Å²) in [6.07, 6.45) is 4.17. The number of hydrogen-bond acceptors (Lipinski definition) is 3. The van der Waals surface area contributed by atoms with Crippen LogP contribution in [0.3, 0.4) is 0 Å². The summed E-state index contributed by atoms with van der Waals surface area (Å²) < 4.78 is 5.91. The molecule has 2 heterocycles. The van der Waals surface area contributed by atoms with Gasteiger partial charge in [-0.2, -0.15) is 0 Å². The highest BCUT2D eigenvalue weighted by Crippen LogP contribution is 2.36. The predicted octanol–water partition coefficient (Wildman–Crippen LogP) is 6.00. The van der Waals surface area contributed by atoms with E-state index in [0.29, 0.717) is 12.5 Å². The molecule has 0 aromatic heterocycles. The fourth-order valence-corrected chi connectivity index (χ4v) is 4.87. The van der Waals surface area contributed by atoms with Crippen LogP contribution in [0.1, 0.15) is 47.9 Å². The van der Waals surface area contributed by atoms with Crippen LogP contribution in [0.15, 0.2) is 78.9 Å². The zero-order chi connectivity index (χ0) is 22.6. The van der Waals surface area contributed by atoms with Crippen LogP contribution in [0.2, 0.25) is 0 Å². The monoisotopic (exact) mass is 438 g/mol. The molecule has 33 heavy (non-hydrogen) atoms. The van der Waals surface area contributed by atoms with Gasteiger partial charge in [0.25, 0.3) is 5.91 Å². The van der Waals surface area contributed by atoms with Gasteiger partial charge in [-0.05, 0) is 73.7 Å². The number of piperidine rings is 1. The third-order valence-electron chi connectivity index (χ3n) is 6.75. The van der Waals surface area contributed by atoms with Gasteiger partial charge in [-0.15, -0.1) is 0 Å². The van der Waals surface area contributed by atoms with Gasteiger partial charge < -0.3 is 10.1 Å². The second-order valence-corrected chi connectivity index (χ2v) is 8.93. The summed E-state index contributed by atoms with van der Waals surface area (Å²) in [6, 6.07) is 25.2. The van der Waals surface area contributed by atoms with Gasteiger partial charge in [-0.25, -0.2) is 0 Å². The van der Waals surface area contributed by atoms with E-state index in [4.69, 9.17) is 4.74 Å². The third-order valence-corrected chi connectivity index (χ3v) is 6.75. The summed E-state index contributed by atoms with van der Waals surface area (Å²) >= 11 is 0. The first-order valence-electron chi connectivity index (χ1n) is 11.8. The second kappa shape index (κ2) is 9.63. The Morgan fingerprint density at radius 1 is 0.970 bits per heavy atom. The molecule has 1 saturated heterocycles. The van der Waals surface area contributed by atoms with Crippen LogP contribution in [0.25, 0.3) is 5.57 Å². The minimum Gasteiger partial charge on any atom is -0.489 e. The molecular formula is C29H30N2O2. The molecule has 0 aliphatic carbocycles. The number of anilines is 1. The molecule has 0 spiro atoms. The van der Waals surface area contributed by atoms with E-state index in [0.717, 1.165) is 55.0 Å². The predicted molar refractivity (Wildman–Crippen MR) is 133 cm³/mol. The summed E-state index contributed by atoms with van der Waals surface area (Å²) in [5, 5.41) is 3.01. The van der Waals surface area contributed by atoms with Crippen LogP contribution in [-0.2, 0) is 17.9 Å². The fourth-order valence-electron chi connectivity index (χ4n) is 4.87. The lowest BCUT2D eigenvalue weighted by Gasteiger charge is -2.32. The SMILES string of the molecule is CC=C1C(=O)Nc2cc(C3CCN(Cc4ccc(OCc5ccccc5)cc4)CC3)ccc21. The Balaban J connectivity index is 1.13. The summed E-state index contributed by atoms with van der Waals surface area (Å²) in [5.41, 5.74) is 6.61. The number of carbonyl (C=O) groups excluding carboxylic acids is 1. The number of fused-ring (bicyclic) bond motifs is 1. The summed E-state index contributed by atoms with van der Waals surface area (Å²) in [4.78, 5) is 14.6. The molecule has 0 saturated carbocycles. The van der Waals surface area contributed by atoms with Crippen molar-refractivity contribution in [2.45, 2.75) is 38.8 Å². The van der Waals surface area contributed by atoms with E-state index in [1.807, 2.05) is 31.2 Å². The zero-order valence-electron chi connectivity index (χ0n) is 19.1. The lowest BCUT2D eigenvalue weighted by atomic mass is 9.88. The average molecular weight is 439 g/mol. The smallest absolute Gasteiger partial charge is 0.256 e. The van der Waals surface area contributed by atoms with Gasteiger partial charge in [-0.3, -0.25) is 9.69 Å². The van der Waals surface area contributed by atoms with E-state index < -0.39 is 0 Å². The maximum atomic E-state index is 12.1. The molecule has 0 bridgehead atoms. The number of amides is 1. The molecule has 0 radical (unpaired) electrons. The Kier molecular flexibility index (Phi) is 6.27. The first kappa shape index (κ1) is 21.5. The molecule has 3 aromatic rings. The van der Waals surface area contributed by atoms with Crippen LogP contribution >= 0.6 is 0 Å². The van der Waals surface area contributed by atoms with Crippen LogP contribution < -0.4 is 10.1 Å². The van der Waals surface area contributed by atoms with E-state index in [1.165, 1.54) is 16.7 Å². The molecule has 3 aromatic carbocycles. The molecule has 0 unspecified atom stereocenters. The number of benzene rings is 3. The van der Waals surface area contributed by atoms with Crippen LogP contribution in [0.4, 0.5) is 5.69 Å². The van der Waals surface area contributed by atoms with Crippen LogP contribution in [0.5, 0.6) is 5.75 Å². The Morgan fingerprint density at radius 3 is 2.45 bits per heavy atom. The first-order chi connectivity index (χ1) is 16.2. The molecule has 1 N–H and O–H groups in total. The standard InChI is InChI=1S/C29H30N2O2/c1-2-26-27-13-10-24(18-28(27)30-29(26)32)23-14-16-31(17-15-23)19-21-8-11-25(12-9-21)33-20-22-6-4-3-5-7-22/h2-13,18,23H,14-17,19-20H2,1H3,(H,30,32). The number of likely N-dealkylation sites (tertiary alicyclic amines) is 1. The van der Waals surface area contributed by atoms with Crippen molar-refractivity contribution in [2.24, 2.45) is 0 Å². The molecule has 1 fully saturated rings. The number of carbonyl (C=O) groups is 1. The van der Waals surface area contributed by atoms with Gasteiger partial charge in [0, 0.05) is 23.4 Å². The fraction of sp³-hybridized carbons (Fsp3) is 0.276. The molecule has 1 amide bonds. The third kappa shape index (κ3) is 4.86.